The van der Waals surface area contributed by atoms with Crippen LogP contribution in [0.5, 0.6) is 0 Å². The van der Waals surface area contributed by atoms with Crippen LogP contribution in [0.2, 0.25) is 0 Å². The van der Waals surface area contributed by atoms with Gasteiger partial charge in [0.25, 0.3) is 0 Å². The summed E-state index contributed by atoms with van der Waals surface area (Å²) in [5, 5.41) is 15.2. The van der Waals surface area contributed by atoms with Crippen molar-refractivity contribution in [2.24, 2.45) is 5.92 Å². The van der Waals surface area contributed by atoms with Crippen LogP contribution in [0.4, 0.5) is 0 Å². The van der Waals surface area contributed by atoms with Gasteiger partial charge < -0.3 is 15.7 Å². The lowest BCUT2D eigenvalue weighted by atomic mass is 10.1. The third kappa shape index (κ3) is 9.93. The minimum atomic E-state index is -0.339. The Hall–Kier alpha value is -0.610. The van der Waals surface area contributed by atoms with Gasteiger partial charge in [-0.25, -0.2) is 0 Å². The van der Waals surface area contributed by atoms with E-state index in [0.717, 1.165) is 25.8 Å². The molecule has 1 amide bonds. The molecule has 4 nitrogen and oxygen atoms in total. The lowest BCUT2D eigenvalue weighted by Crippen LogP contribution is -2.37. The van der Waals surface area contributed by atoms with E-state index in [2.05, 4.69) is 24.5 Å². The molecule has 0 aromatic rings. The SMILES string of the molecule is CCCC(O)CNCC(=O)NCCC(C)C. The van der Waals surface area contributed by atoms with Crippen molar-refractivity contribution < 1.29 is 9.90 Å². The summed E-state index contributed by atoms with van der Waals surface area (Å²) >= 11 is 0. The average Bonchev–Trinajstić information content (AvgIpc) is 2.17. The van der Waals surface area contributed by atoms with Crippen molar-refractivity contribution in [2.75, 3.05) is 19.6 Å². The highest BCUT2D eigenvalue weighted by Gasteiger charge is 2.04. The minimum Gasteiger partial charge on any atom is -0.392 e. The van der Waals surface area contributed by atoms with Gasteiger partial charge >= 0.3 is 0 Å². The zero-order chi connectivity index (χ0) is 12.4. The average molecular weight is 230 g/mol. The standard InChI is InChI=1S/C12H26N2O2/c1-4-5-11(15)8-13-9-12(16)14-7-6-10(2)3/h10-11,13,15H,4-9H2,1-3H3,(H,14,16). The molecule has 3 N–H and O–H groups in total. The number of hydrogen-bond acceptors (Lipinski definition) is 3. The fraction of sp³-hybridized carbons (Fsp3) is 0.917. The first-order valence-corrected chi connectivity index (χ1v) is 6.21. The zero-order valence-electron chi connectivity index (χ0n) is 10.8. The Morgan fingerprint density at radius 2 is 2.00 bits per heavy atom. The van der Waals surface area contributed by atoms with Crippen LogP contribution in [0, 0.1) is 5.92 Å². The summed E-state index contributed by atoms with van der Waals surface area (Å²) in [7, 11) is 0. The van der Waals surface area contributed by atoms with Gasteiger partial charge in [0, 0.05) is 13.1 Å². The van der Waals surface area contributed by atoms with E-state index in [9.17, 15) is 9.90 Å². The Labute approximate surface area is 98.8 Å². The van der Waals surface area contributed by atoms with Gasteiger partial charge in [-0.1, -0.05) is 27.2 Å². The summed E-state index contributed by atoms with van der Waals surface area (Å²) in [6.45, 7) is 7.80. The lowest BCUT2D eigenvalue weighted by molar-refractivity contribution is -0.120. The van der Waals surface area contributed by atoms with Crippen molar-refractivity contribution in [2.45, 2.75) is 46.1 Å². The number of nitrogens with one attached hydrogen (secondary N) is 2. The monoisotopic (exact) mass is 230 g/mol. The van der Waals surface area contributed by atoms with Gasteiger partial charge in [-0.05, 0) is 18.8 Å². The van der Waals surface area contributed by atoms with E-state index < -0.39 is 0 Å². The van der Waals surface area contributed by atoms with Crippen LogP contribution < -0.4 is 10.6 Å². The highest BCUT2D eigenvalue weighted by Crippen LogP contribution is 1.96. The first-order chi connectivity index (χ1) is 7.56. The molecule has 16 heavy (non-hydrogen) atoms. The Bertz CT molecular complexity index is 184. The number of amides is 1. The number of rotatable bonds is 9. The second-order valence-corrected chi connectivity index (χ2v) is 4.61. The Morgan fingerprint density at radius 3 is 2.56 bits per heavy atom. The lowest BCUT2D eigenvalue weighted by Gasteiger charge is -2.11. The van der Waals surface area contributed by atoms with Crippen molar-refractivity contribution in [3.05, 3.63) is 0 Å². The van der Waals surface area contributed by atoms with Crippen LogP contribution in [0.15, 0.2) is 0 Å². The van der Waals surface area contributed by atoms with E-state index in [1.165, 1.54) is 0 Å². The molecule has 1 atom stereocenters. The molecule has 1 unspecified atom stereocenters. The number of aliphatic hydroxyl groups excluding tert-OH is 1. The summed E-state index contributed by atoms with van der Waals surface area (Å²) in [5.41, 5.74) is 0. The van der Waals surface area contributed by atoms with Gasteiger partial charge in [-0.3, -0.25) is 4.79 Å². The van der Waals surface area contributed by atoms with Gasteiger partial charge in [-0.2, -0.15) is 0 Å². The number of hydrogen-bond donors (Lipinski definition) is 3. The van der Waals surface area contributed by atoms with E-state index >= 15 is 0 Å². The highest BCUT2D eigenvalue weighted by atomic mass is 16.3. The summed E-state index contributed by atoms with van der Waals surface area (Å²) in [4.78, 5) is 11.3. The normalized spacial score (nSPS) is 12.8. The molecule has 0 aliphatic heterocycles. The number of carbonyl (C=O) groups excluding carboxylic acids is 1. The van der Waals surface area contributed by atoms with Gasteiger partial charge in [-0.15, -0.1) is 0 Å². The molecule has 4 heteroatoms. The van der Waals surface area contributed by atoms with Gasteiger partial charge in [0.15, 0.2) is 0 Å². The first-order valence-electron chi connectivity index (χ1n) is 6.21. The van der Waals surface area contributed by atoms with E-state index in [0.29, 0.717) is 19.0 Å². The fourth-order valence-electron chi connectivity index (χ4n) is 1.35. The maximum Gasteiger partial charge on any atom is 0.233 e. The molecule has 0 rings (SSSR count). The molecule has 0 aliphatic rings. The van der Waals surface area contributed by atoms with Gasteiger partial charge in [0.05, 0.1) is 12.6 Å². The summed E-state index contributed by atoms with van der Waals surface area (Å²) in [5.74, 6) is 0.615. The predicted octanol–water partition coefficient (Wildman–Crippen LogP) is 0.899. The van der Waals surface area contributed by atoms with Crippen LogP contribution in [-0.2, 0) is 4.79 Å². The highest BCUT2D eigenvalue weighted by molar-refractivity contribution is 5.77. The molecular formula is C12H26N2O2. The molecule has 0 heterocycles. The topological polar surface area (TPSA) is 61.4 Å². The van der Waals surface area contributed by atoms with Crippen molar-refractivity contribution in [1.29, 1.82) is 0 Å². The minimum absolute atomic E-state index is 0.00403. The smallest absolute Gasteiger partial charge is 0.233 e. The molecule has 0 aliphatic carbocycles. The van der Waals surface area contributed by atoms with Crippen molar-refractivity contribution >= 4 is 5.91 Å². The molecule has 0 fully saturated rings. The van der Waals surface area contributed by atoms with Crippen LogP contribution in [0.3, 0.4) is 0 Å². The molecule has 0 bridgehead atoms. The molecule has 0 saturated carbocycles. The molecule has 0 aromatic heterocycles. The van der Waals surface area contributed by atoms with Crippen LogP contribution in [0.25, 0.3) is 0 Å². The zero-order valence-corrected chi connectivity index (χ0v) is 10.8. The van der Waals surface area contributed by atoms with E-state index in [-0.39, 0.29) is 12.0 Å². The van der Waals surface area contributed by atoms with E-state index in [4.69, 9.17) is 0 Å². The molecule has 0 radical (unpaired) electrons. The Balaban J connectivity index is 3.36. The third-order valence-electron chi connectivity index (χ3n) is 2.33. The number of aliphatic hydroxyl groups is 1. The first kappa shape index (κ1) is 15.4. The summed E-state index contributed by atoms with van der Waals surface area (Å²) in [6.07, 6.45) is 2.41. The second kappa shape index (κ2) is 9.60. The van der Waals surface area contributed by atoms with Crippen LogP contribution in [0.1, 0.15) is 40.0 Å². The Kier molecular flexibility index (Phi) is 9.24. The maximum atomic E-state index is 11.3. The van der Waals surface area contributed by atoms with E-state index in [1.54, 1.807) is 0 Å². The van der Waals surface area contributed by atoms with Crippen LogP contribution >= 0.6 is 0 Å². The predicted molar refractivity (Wildman–Crippen MR) is 66.2 cm³/mol. The summed E-state index contributed by atoms with van der Waals surface area (Å²) in [6, 6.07) is 0. The third-order valence-corrected chi connectivity index (χ3v) is 2.33. The Morgan fingerprint density at radius 1 is 1.31 bits per heavy atom. The molecular weight excluding hydrogens is 204 g/mol. The number of carbonyl (C=O) groups is 1. The summed E-state index contributed by atoms with van der Waals surface area (Å²) < 4.78 is 0. The van der Waals surface area contributed by atoms with E-state index in [1.807, 2.05) is 6.92 Å². The largest absolute Gasteiger partial charge is 0.392 e. The quantitative estimate of drug-likeness (QED) is 0.551. The second-order valence-electron chi connectivity index (χ2n) is 4.61. The van der Waals surface area contributed by atoms with Crippen molar-refractivity contribution in [3.63, 3.8) is 0 Å². The van der Waals surface area contributed by atoms with Crippen molar-refractivity contribution in [1.82, 2.24) is 10.6 Å². The van der Waals surface area contributed by atoms with Gasteiger partial charge in [0.1, 0.15) is 0 Å². The molecule has 0 aromatic carbocycles. The van der Waals surface area contributed by atoms with Crippen LogP contribution in [-0.4, -0.2) is 36.8 Å². The van der Waals surface area contributed by atoms with Crippen molar-refractivity contribution in [3.8, 4) is 0 Å². The molecule has 96 valence electrons. The molecule has 0 spiro atoms. The molecule has 0 saturated heterocycles. The van der Waals surface area contributed by atoms with Gasteiger partial charge in [0.2, 0.25) is 5.91 Å². The fourth-order valence-corrected chi connectivity index (χ4v) is 1.35. The maximum absolute atomic E-state index is 11.3.